The molecule has 1 atom stereocenters. The van der Waals surface area contributed by atoms with Gasteiger partial charge in [0.05, 0.1) is 12.7 Å². The predicted octanol–water partition coefficient (Wildman–Crippen LogP) is 9.64. The van der Waals surface area contributed by atoms with Crippen molar-refractivity contribution in [3.8, 4) is 0 Å². The fraction of sp³-hybridized carbons (Fsp3) is 1.00. The van der Waals surface area contributed by atoms with Gasteiger partial charge in [0.2, 0.25) is 0 Å². The summed E-state index contributed by atoms with van der Waals surface area (Å²) in [5, 5.41) is 0. The zero-order valence-corrected chi connectivity index (χ0v) is 21.4. The molecule has 0 bridgehead atoms. The minimum atomic E-state index is 0.298. The Balaban J connectivity index is 3.27. The van der Waals surface area contributed by atoms with Crippen LogP contribution in [0, 0.1) is 0 Å². The van der Waals surface area contributed by atoms with E-state index in [1.54, 1.807) is 0 Å². The van der Waals surface area contributed by atoms with E-state index in [4.69, 9.17) is 9.47 Å². The van der Waals surface area contributed by atoms with Gasteiger partial charge in [-0.3, -0.25) is 0 Å². The third-order valence-electron chi connectivity index (χ3n) is 6.25. The molecule has 0 aliphatic carbocycles. The van der Waals surface area contributed by atoms with E-state index in [-0.39, 0.29) is 0 Å². The monoisotopic (exact) mass is 426 g/mol. The molecule has 30 heavy (non-hydrogen) atoms. The van der Waals surface area contributed by atoms with Crippen LogP contribution in [0.15, 0.2) is 0 Å². The summed E-state index contributed by atoms with van der Waals surface area (Å²) < 4.78 is 11.9. The number of ether oxygens (including phenoxy) is 2. The van der Waals surface area contributed by atoms with Crippen molar-refractivity contribution in [3.05, 3.63) is 0 Å². The van der Waals surface area contributed by atoms with Gasteiger partial charge in [0.25, 0.3) is 0 Å². The molecular weight excluding hydrogens is 368 g/mol. The van der Waals surface area contributed by atoms with Gasteiger partial charge >= 0.3 is 0 Å². The Bertz CT molecular complexity index is 292. The first-order valence-electron chi connectivity index (χ1n) is 14.0. The Labute approximate surface area is 191 Å². The normalized spacial score (nSPS) is 12.5. The molecule has 0 aromatic rings. The summed E-state index contributed by atoms with van der Waals surface area (Å²) in [5.74, 6) is 0. The van der Waals surface area contributed by atoms with Crippen molar-refractivity contribution in [2.24, 2.45) is 0 Å². The van der Waals surface area contributed by atoms with Crippen molar-refractivity contribution in [1.29, 1.82) is 0 Å². The van der Waals surface area contributed by atoms with E-state index in [1.165, 1.54) is 128 Å². The van der Waals surface area contributed by atoms with Crippen LogP contribution in [0.4, 0.5) is 0 Å². The maximum atomic E-state index is 6.04. The Morgan fingerprint density at radius 2 is 0.800 bits per heavy atom. The van der Waals surface area contributed by atoms with Gasteiger partial charge in [0.15, 0.2) is 0 Å². The molecule has 0 aromatic carbocycles. The van der Waals surface area contributed by atoms with Crippen LogP contribution < -0.4 is 0 Å². The summed E-state index contributed by atoms with van der Waals surface area (Å²) in [6, 6.07) is 0. The van der Waals surface area contributed by atoms with Gasteiger partial charge in [-0.05, 0) is 19.3 Å². The Hall–Kier alpha value is -0.0800. The SMILES string of the molecule is CCCCCCCCCCCCOCC(CC)OCCCCCCCCCCCC. The molecule has 0 spiro atoms. The zero-order chi connectivity index (χ0) is 22.0. The van der Waals surface area contributed by atoms with E-state index in [1.807, 2.05) is 0 Å². The summed E-state index contributed by atoms with van der Waals surface area (Å²) in [5.41, 5.74) is 0. The number of unbranched alkanes of at least 4 members (excludes halogenated alkanes) is 18. The molecule has 0 radical (unpaired) electrons. The van der Waals surface area contributed by atoms with Crippen molar-refractivity contribution in [1.82, 2.24) is 0 Å². The molecule has 182 valence electrons. The van der Waals surface area contributed by atoms with E-state index >= 15 is 0 Å². The molecule has 0 saturated carbocycles. The highest BCUT2D eigenvalue weighted by atomic mass is 16.5. The first-order valence-corrected chi connectivity index (χ1v) is 14.0. The van der Waals surface area contributed by atoms with E-state index in [2.05, 4.69) is 20.8 Å². The average molecular weight is 427 g/mol. The van der Waals surface area contributed by atoms with Crippen LogP contribution in [-0.4, -0.2) is 25.9 Å². The van der Waals surface area contributed by atoms with Gasteiger partial charge in [-0.1, -0.05) is 136 Å². The lowest BCUT2D eigenvalue weighted by atomic mass is 10.1. The first-order chi connectivity index (χ1) is 14.8. The van der Waals surface area contributed by atoms with E-state index in [0.717, 1.165) is 26.2 Å². The number of rotatable bonds is 26. The molecule has 2 nitrogen and oxygen atoms in total. The number of hydrogen-bond donors (Lipinski definition) is 0. The topological polar surface area (TPSA) is 18.5 Å². The van der Waals surface area contributed by atoms with Crippen LogP contribution >= 0.6 is 0 Å². The van der Waals surface area contributed by atoms with Crippen LogP contribution in [0.1, 0.15) is 156 Å². The van der Waals surface area contributed by atoms with Crippen molar-refractivity contribution in [3.63, 3.8) is 0 Å². The Kier molecular flexibility index (Phi) is 26.9. The summed E-state index contributed by atoms with van der Waals surface area (Å²) in [6.45, 7) is 9.40. The van der Waals surface area contributed by atoms with Crippen LogP contribution in [-0.2, 0) is 9.47 Å². The standard InChI is InChI=1S/C28H58O2/c1-4-7-9-11-13-15-17-19-21-23-25-29-27-28(6-3)30-26-24-22-20-18-16-14-12-10-8-5-2/h28H,4-27H2,1-3H3. The second-order valence-electron chi connectivity index (χ2n) is 9.34. The predicted molar refractivity (Wildman–Crippen MR) is 135 cm³/mol. The van der Waals surface area contributed by atoms with E-state index < -0.39 is 0 Å². The second kappa shape index (κ2) is 27.0. The summed E-state index contributed by atoms with van der Waals surface area (Å²) >= 11 is 0. The smallest absolute Gasteiger partial charge is 0.0805 e. The summed E-state index contributed by atoms with van der Waals surface area (Å²) in [6.07, 6.45) is 29.0. The van der Waals surface area contributed by atoms with Crippen LogP contribution in [0.5, 0.6) is 0 Å². The molecule has 0 N–H and O–H groups in total. The number of hydrogen-bond acceptors (Lipinski definition) is 2. The quantitative estimate of drug-likeness (QED) is 0.128. The van der Waals surface area contributed by atoms with E-state index in [9.17, 15) is 0 Å². The lowest BCUT2D eigenvalue weighted by Crippen LogP contribution is -2.20. The van der Waals surface area contributed by atoms with E-state index in [0.29, 0.717) is 6.10 Å². The molecule has 0 aliphatic rings. The molecule has 0 amide bonds. The van der Waals surface area contributed by atoms with Gasteiger partial charge in [-0.15, -0.1) is 0 Å². The molecule has 0 fully saturated rings. The summed E-state index contributed by atoms with van der Waals surface area (Å²) in [7, 11) is 0. The highest BCUT2D eigenvalue weighted by Gasteiger charge is 2.06. The Morgan fingerprint density at radius 3 is 1.20 bits per heavy atom. The minimum Gasteiger partial charge on any atom is -0.379 e. The van der Waals surface area contributed by atoms with Crippen molar-refractivity contribution in [2.75, 3.05) is 19.8 Å². The van der Waals surface area contributed by atoms with Gasteiger partial charge in [-0.2, -0.15) is 0 Å². The molecular formula is C28H58O2. The molecule has 0 saturated heterocycles. The average Bonchev–Trinajstić information content (AvgIpc) is 2.76. The maximum absolute atomic E-state index is 6.04. The highest BCUT2D eigenvalue weighted by molar-refractivity contribution is 4.55. The fourth-order valence-corrected chi connectivity index (χ4v) is 4.03. The Morgan fingerprint density at radius 1 is 0.433 bits per heavy atom. The third-order valence-corrected chi connectivity index (χ3v) is 6.25. The first kappa shape index (κ1) is 29.9. The molecule has 0 heterocycles. The van der Waals surface area contributed by atoms with Crippen molar-refractivity contribution < 1.29 is 9.47 Å². The molecule has 0 rings (SSSR count). The fourth-order valence-electron chi connectivity index (χ4n) is 4.03. The second-order valence-corrected chi connectivity index (χ2v) is 9.34. The molecule has 0 aromatic heterocycles. The van der Waals surface area contributed by atoms with Gasteiger partial charge in [0, 0.05) is 13.2 Å². The van der Waals surface area contributed by atoms with Crippen LogP contribution in [0.2, 0.25) is 0 Å². The van der Waals surface area contributed by atoms with Crippen LogP contribution in [0.25, 0.3) is 0 Å². The minimum absolute atomic E-state index is 0.298. The van der Waals surface area contributed by atoms with Crippen molar-refractivity contribution in [2.45, 2.75) is 162 Å². The summed E-state index contributed by atoms with van der Waals surface area (Å²) in [4.78, 5) is 0. The van der Waals surface area contributed by atoms with Crippen LogP contribution in [0.3, 0.4) is 0 Å². The zero-order valence-electron chi connectivity index (χ0n) is 21.4. The largest absolute Gasteiger partial charge is 0.379 e. The molecule has 1 unspecified atom stereocenters. The lowest BCUT2D eigenvalue weighted by Gasteiger charge is -2.16. The lowest BCUT2D eigenvalue weighted by molar-refractivity contribution is -0.0200. The maximum Gasteiger partial charge on any atom is 0.0805 e. The third kappa shape index (κ3) is 24.2. The molecule has 0 aliphatic heterocycles. The van der Waals surface area contributed by atoms with Gasteiger partial charge < -0.3 is 9.47 Å². The van der Waals surface area contributed by atoms with Gasteiger partial charge in [-0.25, -0.2) is 0 Å². The highest BCUT2D eigenvalue weighted by Crippen LogP contribution is 2.12. The molecule has 2 heteroatoms. The van der Waals surface area contributed by atoms with Crippen molar-refractivity contribution >= 4 is 0 Å². The van der Waals surface area contributed by atoms with Gasteiger partial charge in [0.1, 0.15) is 0 Å².